The summed E-state index contributed by atoms with van der Waals surface area (Å²) in [4.78, 5) is 38.4. The maximum absolute atomic E-state index is 13.5. The van der Waals surface area contributed by atoms with Gasteiger partial charge in [-0.1, -0.05) is 30.3 Å². The van der Waals surface area contributed by atoms with Crippen LogP contribution in [-0.4, -0.2) is 48.9 Å². The molecule has 2 heterocycles. The molecule has 0 spiro atoms. The fourth-order valence-corrected chi connectivity index (χ4v) is 5.16. The minimum Gasteiger partial charge on any atom is -0.493 e. The molecule has 9 heteroatoms. The molecular weight excluding hydrogens is 480 g/mol. The average molecular weight is 511 g/mol. The molecule has 1 fully saturated rings. The molecule has 2 aromatic carbocycles. The molecule has 1 aliphatic heterocycles. The molecule has 1 saturated heterocycles. The zero-order valence-electron chi connectivity index (χ0n) is 20.5. The SMILES string of the molecule is CCOC(=O)/C=c1\s/c(=C\c2c(OCC)ccc3ccccc23)c(=O)n1CC(=O)NC[C@@H]1CCCO1. The number of carbonyl (C=O) groups is 2. The first-order valence-electron chi connectivity index (χ1n) is 12.1. The summed E-state index contributed by atoms with van der Waals surface area (Å²) in [6, 6.07) is 11.7. The second-order valence-electron chi connectivity index (χ2n) is 8.31. The third-order valence-electron chi connectivity index (χ3n) is 5.82. The minimum absolute atomic E-state index is 0.00838. The topological polar surface area (TPSA) is 95.9 Å². The van der Waals surface area contributed by atoms with Crippen molar-refractivity contribution in [1.82, 2.24) is 9.88 Å². The van der Waals surface area contributed by atoms with Crippen LogP contribution in [0, 0.1) is 0 Å². The van der Waals surface area contributed by atoms with Crippen molar-refractivity contribution in [2.45, 2.75) is 39.3 Å². The van der Waals surface area contributed by atoms with E-state index >= 15 is 0 Å². The Morgan fingerprint density at radius 3 is 2.78 bits per heavy atom. The summed E-state index contributed by atoms with van der Waals surface area (Å²) in [6.45, 7) is 5.16. The van der Waals surface area contributed by atoms with Crippen LogP contribution in [-0.2, 0) is 25.6 Å². The van der Waals surface area contributed by atoms with Crippen LogP contribution >= 0.6 is 11.3 Å². The Morgan fingerprint density at radius 2 is 2.03 bits per heavy atom. The highest BCUT2D eigenvalue weighted by Gasteiger charge is 2.17. The Kier molecular flexibility index (Phi) is 8.56. The van der Waals surface area contributed by atoms with Crippen LogP contribution in [0.3, 0.4) is 0 Å². The minimum atomic E-state index is -0.570. The number of nitrogens with one attached hydrogen (secondary N) is 1. The summed E-state index contributed by atoms with van der Waals surface area (Å²) < 4.78 is 18.5. The van der Waals surface area contributed by atoms with Gasteiger partial charge in [-0.2, -0.15) is 0 Å². The van der Waals surface area contributed by atoms with Crippen LogP contribution in [0.1, 0.15) is 32.3 Å². The number of fused-ring (bicyclic) bond motifs is 1. The number of hydrogen-bond donors (Lipinski definition) is 1. The molecule has 1 atom stereocenters. The fourth-order valence-electron chi connectivity index (χ4n) is 4.15. The molecule has 36 heavy (non-hydrogen) atoms. The van der Waals surface area contributed by atoms with Crippen LogP contribution in [0.5, 0.6) is 5.75 Å². The number of rotatable bonds is 9. The summed E-state index contributed by atoms with van der Waals surface area (Å²) in [7, 11) is 0. The van der Waals surface area contributed by atoms with E-state index in [1.54, 1.807) is 13.0 Å². The van der Waals surface area contributed by atoms with Gasteiger partial charge in [0.1, 0.15) is 17.0 Å². The van der Waals surface area contributed by atoms with Crippen molar-refractivity contribution in [3.05, 3.63) is 61.5 Å². The number of aromatic nitrogens is 1. The third kappa shape index (κ3) is 6.03. The smallest absolute Gasteiger partial charge is 0.333 e. The summed E-state index contributed by atoms with van der Waals surface area (Å²) in [5.74, 6) is -0.240. The van der Waals surface area contributed by atoms with Gasteiger partial charge in [0.15, 0.2) is 0 Å². The van der Waals surface area contributed by atoms with Crippen molar-refractivity contribution in [2.75, 3.05) is 26.4 Å². The van der Waals surface area contributed by atoms with E-state index in [4.69, 9.17) is 14.2 Å². The predicted molar refractivity (Wildman–Crippen MR) is 140 cm³/mol. The van der Waals surface area contributed by atoms with Crippen LogP contribution < -0.4 is 24.8 Å². The number of esters is 1. The first-order valence-corrected chi connectivity index (χ1v) is 12.9. The highest BCUT2D eigenvalue weighted by Crippen LogP contribution is 2.28. The second kappa shape index (κ2) is 12.0. The van der Waals surface area contributed by atoms with Gasteiger partial charge in [-0.3, -0.25) is 14.2 Å². The normalized spacial score (nSPS) is 16.4. The highest BCUT2D eigenvalue weighted by molar-refractivity contribution is 7.07. The van der Waals surface area contributed by atoms with Crippen LogP contribution in [0.4, 0.5) is 0 Å². The molecule has 8 nitrogen and oxygen atoms in total. The van der Waals surface area contributed by atoms with E-state index in [1.165, 1.54) is 10.6 Å². The van der Waals surface area contributed by atoms with E-state index in [0.717, 1.165) is 40.5 Å². The molecule has 190 valence electrons. The number of amides is 1. The highest BCUT2D eigenvalue weighted by atomic mass is 32.1. The van der Waals surface area contributed by atoms with Gasteiger partial charge in [0, 0.05) is 18.7 Å². The number of nitrogens with zero attached hydrogens (tertiary/aromatic N) is 1. The van der Waals surface area contributed by atoms with Gasteiger partial charge in [0.05, 0.1) is 29.9 Å². The summed E-state index contributed by atoms with van der Waals surface area (Å²) >= 11 is 1.13. The van der Waals surface area contributed by atoms with E-state index in [2.05, 4.69) is 5.32 Å². The Labute approximate surface area is 212 Å². The van der Waals surface area contributed by atoms with Crippen molar-refractivity contribution < 1.29 is 23.8 Å². The molecule has 0 aliphatic carbocycles. The molecule has 0 radical (unpaired) electrons. The van der Waals surface area contributed by atoms with E-state index in [9.17, 15) is 14.4 Å². The Balaban J connectivity index is 1.77. The number of benzene rings is 2. The maximum atomic E-state index is 13.5. The van der Waals surface area contributed by atoms with Crippen LogP contribution in [0.2, 0.25) is 0 Å². The van der Waals surface area contributed by atoms with Crippen LogP contribution in [0.15, 0.2) is 41.2 Å². The molecule has 0 bridgehead atoms. The number of hydrogen-bond acceptors (Lipinski definition) is 7. The molecule has 3 aromatic rings. The van der Waals surface area contributed by atoms with Gasteiger partial charge >= 0.3 is 5.97 Å². The third-order valence-corrected chi connectivity index (χ3v) is 6.88. The van der Waals surface area contributed by atoms with E-state index in [0.29, 0.717) is 34.7 Å². The Hall–Kier alpha value is -3.43. The lowest BCUT2D eigenvalue weighted by atomic mass is 10.0. The molecular formula is C27H30N2O6S. The van der Waals surface area contributed by atoms with Gasteiger partial charge in [-0.05, 0) is 49.6 Å². The van der Waals surface area contributed by atoms with Gasteiger partial charge in [0.2, 0.25) is 5.91 Å². The summed E-state index contributed by atoms with van der Waals surface area (Å²) in [6.07, 6.45) is 4.88. The monoisotopic (exact) mass is 510 g/mol. The van der Waals surface area contributed by atoms with Crippen molar-refractivity contribution >= 4 is 46.1 Å². The van der Waals surface area contributed by atoms with Gasteiger partial charge in [-0.25, -0.2) is 4.79 Å². The maximum Gasteiger partial charge on any atom is 0.333 e. The standard InChI is InChI=1S/C27H30N2O6S/c1-3-33-22-12-11-18-8-5-6-10-20(18)21(22)14-23-27(32)29(25(36-23)15-26(31)34-4-2)17-24(30)28-16-19-9-7-13-35-19/h5-6,8,10-12,14-15,19H,3-4,7,9,13,16-17H2,1-2H3,(H,28,30)/b23-14-,25-15-/t19-/m0/s1. The second-order valence-corrected chi connectivity index (χ2v) is 9.37. The van der Waals surface area contributed by atoms with E-state index in [1.807, 2.05) is 43.3 Å². The Morgan fingerprint density at radius 1 is 1.19 bits per heavy atom. The van der Waals surface area contributed by atoms with Crippen molar-refractivity contribution in [1.29, 1.82) is 0 Å². The zero-order valence-corrected chi connectivity index (χ0v) is 21.3. The van der Waals surface area contributed by atoms with E-state index in [-0.39, 0.29) is 30.7 Å². The lowest BCUT2D eigenvalue weighted by Gasteiger charge is -2.11. The average Bonchev–Trinajstić information content (AvgIpc) is 3.49. The molecule has 0 unspecified atom stereocenters. The van der Waals surface area contributed by atoms with Crippen molar-refractivity contribution in [3.63, 3.8) is 0 Å². The van der Waals surface area contributed by atoms with Crippen LogP contribution in [0.25, 0.3) is 22.9 Å². The first kappa shape index (κ1) is 25.7. The summed E-state index contributed by atoms with van der Waals surface area (Å²) in [5.41, 5.74) is 0.407. The molecule has 1 amide bonds. The van der Waals surface area contributed by atoms with Gasteiger partial charge < -0.3 is 19.5 Å². The lowest BCUT2D eigenvalue weighted by molar-refractivity contribution is -0.135. The van der Waals surface area contributed by atoms with E-state index < -0.39 is 5.97 Å². The number of carbonyl (C=O) groups excluding carboxylic acids is 2. The van der Waals surface area contributed by atoms with Gasteiger partial charge in [0.25, 0.3) is 5.56 Å². The zero-order chi connectivity index (χ0) is 25.5. The fraction of sp³-hybridized carbons (Fsp3) is 0.370. The predicted octanol–water partition coefficient (Wildman–Crippen LogP) is 1.93. The lowest BCUT2D eigenvalue weighted by Crippen LogP contribution is -2.40. The largest absolute Gasteiger partial charge is 0.493 e. The molecule has 1 N–H and O–H groups in total. The van der Waals surface area contributed by atoms with Crippen molar-refractivity contribution in [2.24, 2.45) is 0 Å². The summed E-state index contributed by atoms with van der Waals surface area (Å²) in [5, 5.41) is 4.78. The quantitative estimate of drug-likeness (QED) is 0.442. The molecule has 4 rings (SSSR count). The molecule has 1 aliphatic rings. The first-order chi connectivity index (χ1) is 17.5. The number of ether oxygens (including phenoxy) is 3. The molecule has 1 aromatic heterocycles. The Bertz CT molecular complexity index is 1420. The number of thiazole rings is 1. The molecule has 0 saturated carbocycles. The van der Waals surface area contributed by atoms with Gasteiger partial charge in [-0.15, -0.1) is 11.3 Å². The van der Waals surface area contributed by atoms with Crippen molar-refractivity contribution in [3.8, 4) is 5.75 Å².